The van der Waals surface area contributed by atoms with Gasteiger partial charge in [0.1, 0.15) is 12.4 Å². The van der Waals surface area contributed by atoms with Crippen molar-refractivity contribution in [3.05, 3.63) is 23.4 Å². The number of fused-ring (bicyclic) bond motifs is 1. The van der Waals surface area contributed by atoms with Gasteiger partial charge < -0.3 is 24.3 Å². The van der Waals surface area contributed by atoms with E-state index in [0.29, 0.717) is 57.5 Å². The lowest BCUT2D eigenvalue weighted by atomic mass is 10.2. The SMILES string of the molecule is COCCOC(C)=C(C)NC(=O)C(F)=CCN1CC2OCCOC2C1. The molecule has 0 saturated carbocycles. The van der Waals surface area contributed by atoms with E-state index in [9.17, 15) is 9.18 Å². The van der Waals surface area contributed by atoms with E-state index in [1.165, 1.54) is 6.08 Å². The van der Waals surface area contributed by atoms with Crippen LogP contribution in [0.1, 0.15) is 13.8 Å². The number of nitrogens with zero attached hydrogens (tertiary/aromatic N) is 1. The van der Waals surface area contributed by atoms with Gasteiger partial charge >= 0.3 is 0 Å². The van der Waals surface area contributed by atoms with E-state index in [1.54, 1.807) is 21.0 Å². The first-order valence-corrected chi connectivity index (χ1v) is 8.43. The maximum absolute atomic E-state index is 14.0. The Bertz CT molecular complexity index is 509. The second-order valence-electron chi connectivity index (χ2n) is 6.07. The predicted octanol–water partition coefficient (Wildman–Crippen LogP) is 0.970. The maximum atomic E-state index is 14.0. The molecule has 0 aliphatic carbocycles. The van der Waals surface area contributed by atoms with E-state index in [2.05, 4.69) is 5.32 Å². The van der Waals surface area contributed by atoms with Crippen LogP contribution in [0.25, 0.3) is 0 Å². The van der Waals surface area contributed by atoms with Crippen molar-refractivity contribution in [2.24, 2.45) is 0 Å². The summed E-state index contributed by atoms with van der Waals surface area (Å²) in [6, 6.07) is 0. The lowest BCUT2D eigenvalue weighted by Crippen LogP contribution is -2.36. The smallest absolute Gasteiger partial charge is 0.283 e. The highest BCUT2D eigenvalue weighted by Crippen LogP contribution is 2.20. The average Bonchev–Trinajstić information content (AvgIpc) is 3.02. The summed E-state index contributed by atoms with van der Waals surface area (Å²) in [4.78, 5) is 13.9. The zero-order valence-electron chi connectivity index (χ0n) is 15.0. The van der Waals surface area contributed by atoms with Crippen LogP contribution in [0.3, 0.4) is 0 Å². The van der Waals surface area contributed by atoms with Gasteiger partial charge in [-0.1, -0.05) is 0 Å². The standard InChI is InChI=1S/C17H27FN2O5/c1-12(13(2)23-7-6-22-3)19-17(21)14(18)4-5-20-10-15-16(11-20)25-9-8-24-15/h4,15-16H,5-11H2,1-3H3,(H,19,21). The van der Waals surface area contributed by atoms with E-state index in [-0.39, 0.29) is 12.2 Å². The Morgan fingerprint density at radius 1 is 1.24 bits per heavy atom. The molecule has 0 aromatic heterocycles. The first-order valence-electron chi connectivity index (χ1n) is 8.43. The summed E-state index contributed by atoms with van der Waals surface area (Å²) in [7, 11) is 1.57. The summed E-state index contributed by atoms with van der Waals surface area (Å²) >= 11 is 0. The topological polar surface area (TPSA) is 69.3 Å². The molecule has 0 bridgehead atoms. The third-order valence-electron chi connectivity index (χ3n) is 4.22. The van der Waals surface area contributed by atoms with Crippen LogP contribution in [-0.4, -0.2) is 76.2 Å². The third kappa shape index (κ3) is 6.07. The molecule has 7 nitrogen and oxygen atoms in total. The van der Waals surface area contributed by atoms with Gasteiger partial charge in [-0.2, -0.15) is 0 Å². The predicted molar refractivity (Wildman–Crippen MR) is 89.5 cm³/mol. The van der Waals surface area contributed by atoms with Crippen molar-refractivity contribution >= 4 is 5.91 Å². The Balaban J connectivity index is 1.78. The molecule has 2 saturated heterocycles. The molecule has 25 heavy (non-hydrogen) atoms. The number of hydrogen-bond acceptors (Lipinski definition) is 6. The van der Waals surface area contributed by atoms with Crippen LogP contribution in [0, 0.1) is 0 Å². The number of hydrogen-bond donors (Lipinski definition) is 1. The number of carbonyl (C=O) groups is 1. The Morgan fingerprint density at radius 3 is 2.48 bits per heavy atom. The number of nitrogens with one attached hydrogen (secondary N) is 1. The Hall–Kier alpha value is -1.48. The van der Waals surface area contributed by atoms with Crippen LogP contribution in [0.4, 0.5) is 4.39 Å². The van der Waals surface area contributed by atoms with E-state index in [0.717, 1.165) is 0 Å². The minimum Gasteiger partial charge on any atom is -0.494 e. The van der Waals surface area contributed by atoms with Crippen molar-refractivity contribution in [3.63, 3.8) is 0 Å². The number of amides is 1. The lowest BCUT2D eigenvalue weighted by Gasteiger charge is -2.24. The molecule has 2 aliphatic rings. The maximum Gasteiger partial charge on any atom is 0.283 e. The molecule has 2 unspecified atom stereocenters. The van der Waals surface area contributed by atoms with Crippen LogP contribution in [-0.2, 0) is 23.7 Å². The zero-order chi connectivity index (χ0) is 18.2. The average molecular weight is 358 g/mol. The van der Waals surface area contributed by atoms with Gasteiger partial charge in [-0.15, -0.1) is 0 Å². The molecule has 0 spiro atoms. The Labute approximate surface area is 147 Å². The molecular weight excluding hydrogens is 331 g/mol. The number of likely N-dealkylation sites (tertiary alicyclic amines) is 1. The van der Waals surface area contributed by atoms with Crippen LogP contribution in [0.15, 0.2) is 23.4 Å². The van der Waals surface area contributed by atoms with Gasteiger partial charge in [-0.05, 0) is 19.9 Å². The summed E-state index contributed by atoms with van der Waals surface area (Å²) < 4.78 is 35.5. The Kier molecular flexibility index (Phi) is 7.83. The van der Waals surface area contributed by atoms with Gasteiger partial charge in [0, 0.05) is 26.7 Å². The van der Waals surface area contributed by atoms with E-state index >= 15 is 0 Å². The van der Waals surface area contributed by atoms with Gasteiger partial charge in [-0.25, -0.2) is 4.39 Å². The van der Waals surface area contributed by atoms with Gasteiger partial charge in [-0.3, -0.25) is 9.69 Å². The minimum atomic E-state index is -0.819. The van der Waals surface area contributed by atoms with Crippen molar-refractivity contribution in [3.8, 4) is 0 Å². The summed E-state index contributed by atoms with van der Waals surface area (Å²) in [5, 5.41) is 2.50. The number of allylic oxidation sites excluding steroid dienone is 2. The highest BCUT2D eigenvalue weighted by Gasteiger charge is 2.36. The number of methoxy groups -OCH3 is 1. The molecule has 0 aromatic rings. The Morgan fingerprint density at radius 2 is 1.88 bits per heavy atom. The lowest BCUT2D eigenvalue weighted by molar-refractivity contribution is -0.118. The van der Waals surface area contributed by atoms with Crippen molar-refractivity contribution in [2.45, 2.75) is 26.1 Å². The molecule has 1 N–H and O–H groups in total. The summed E-state index contributed by atoms with van der Waals surface area (Å²) in [6.45, 7) is 7.07. The van der Waals surface area contributed by atoms with Gasteiger partial charge in [0.15, 0.2) is 5.83 Å². The molecule has 8 heteroatoms. The molecule has 2 aliphatic heterocycles. The summed E-state index contributed by atoms with van der Waals surface area (Å²) in [5.41, 5.74) is 0.471. The molecule has 1 amide bonds. The molecular formula is C17H27FN2O5. The van der Waals surface area contributed by atoms with Gasteiger partial charge in [0.25, 0.3) is 5.91 Å². The molecule has 0 aromatic carbocycles. The summed E-state index contributed by atoms with van der Waals surface area (Å²) in [6.07, 6.45) is 1.35. The molecule has 2 fully saturated rings. The first-order chi connectivity index (χ1) is 12.0. The third-order valence-corrected chi connectivity index (χ3v) is 4.22. The van der Waals surface area contributed by atoms with E-state index in [1.807, 2.05) is 4.90 Å². The van der Waals surface area contributed by atoms with Crippen LogP contribution in [0.2, 0.25) is 0 Å². The summed E-state index contributed by atoms with van der Waals surface area (Å²) in [5.74, 6) is -1.08. The largest absolute Gasteiger partial charge is 0.494 e. The number of carbonyl (C=O) groups excluding carboxylic acids is 1. The van der Waals surface area contributed by atoms with Crippen molar-refractivity contribution in [2.75, 3.05) is 53.2 Å². The molecule has 2 heterocycles. The monoisotopic (exact) mass is 358 g/mol. The minimum absolute atomic E-state index is 0.0381. The zero-order valence-corrected chi connectivity index (χ0v) is 15.0. The quantitative estimate of drug-likeness (QED) is 0.396. The number of ether oxygens (including phenoxy) is 4. The molecule has 2 rings (SSSR count). The fourth-order valence-electron chi connectivity index (χ4n) is 2.69. The van der Waals surface area contributed by atoms with Crippen molar-refractivity contribution in [1.82, 2.24) is 10.2 Å². The highest BCUT2D eigenvalue weighted by molar-refractivity contribution is 5.92. The molecule has 2 atom stereocenters. The van der Waals surface area contributed by atoms with Crippen LogP contribution >= 0.6 is 0 Å². The van der Waals surface area contributed by atoms with Crippen LogP contribution < -0.4 is 5.32 Å². The van der Waals surface area contributed by atoms with Crippen LogP contribution in [0.5, 0.6) is 0 Å². The van der Waals surface area contributed by atoms with Gasteiger partial charge in [0.2, 0.25) is 0 Å². The van der Waals surface area contributed by atoms with E-state index < -0.39 is 11.7 Å². The number of rotatable bonds is 8. The fraction of sp³-hybridized carbons (Fsp3) is 0.706. The van der Waals surface area contributed by atoms with Crippen molar-refractivity contribution in [1.29, 1.82) is 0 Å². The second-order valence-corrected chi connectivity index (χ2v) is 6.07. The fourth-order valence-corrected chi connectivity index (χ4v) is 2.69. The molecule has 142 valence electrons. The van der Waals surface area contributed by atoms with E-state index in [4.69, 9.17) is 18.9 Å². The second kappa shape index (κ2) is 9.86. The highest BCUT2D eigenvalue weighted by atomic mass is 19.1. The molecule has 0 radical (unpaired) electrons. The van der Waals surface area contributed by atoms with Crippen molar-refractivity contribution < 1.29 is 28.1 Å². The first kappa shape index (κ1) is 19.8. The normalized spacial score (nSPS) is 25.4. The number of halogens is 1. The van der Waals surface area contributed by atoms with Gasteiger partial charge in [0.05, 0.1) is 37.7 Å².